The maximum atomic E-state index is 12.7. The summed E-state index contributed by atoms with van der Waals surface area (Å²) in [6.45, 7) is 3.28. The predicted octanol–water partition coefficient (Wildman–Crippen LogP) is 2.63. The highest BCUT2D eigenvalue weighted by molar-refractivity contribution is 7.89. The standard InChI is InChI=1S/C21H24N4O4S/c26-30(27,25-11-13-28-14-12-25)17-5-6-20(22-15-17)24-9-7-16(8-10-24)21-23-18-3-1-2-4-19(18)29-21/h1-6,15-16H,7-14H2. The number of aromatic nitrogens is 2. The summed E-state index contributed by atoms with van der Waals surface area (Å²) in [6, 6.07) is 11.3. The lowest BCUT2D eigenvalue weighted by atomic mass is 9.97. The van der Waals surface area contributed by atoms with Crippen LogP contribution >= 0.6 is 0 Å². The molecule has 0 unspecified atom stereocenters. The maximum Gasteiger partial charge on any atom is 0.244 e. The van der Waals surface area contributed by atoms with Crippen LogP contribution in [-0.4, -0.2) is 62.1 Å². The van der Waals surface area contributed by atoms with E-state index in [9.17, 15) is 8.42 Å². The van der Waals surface area contributed by atoms with Crippen LogP contribution in [0.5, 0.6) is 0 Å². The molecule has 3 aromatic rings. The smallest absolute Gasteiger partial charge is 0.244 e. The van der Waals surface area contributed by atoms with Crippen molar-refractivity contribution in [2.75, 3.05) is 44.3 Å². The number of benzene rings is 1. The van der Waals surface area contributed by atoms with Gasteiger partial charge in [0.25, 0.3) is 0 Å². The van der Waals surface area contributed by atoms with E-state index in [4.69, 9.17) is 9.15 Å². The molecule has 0 saturated carbocycles. The Labute approximate surface area is 175 Å². The minimum Gasteiger partial charge on any atom is -0.440 e. The lowest BCUT2D eigenvalue weighted by Gasteiger charge is -2.31. The van der Waals surface area contributed by atoms with Gasteiger partial charge in [-0.25, -0.2) is 18.4 Å². The molecular weight excluding hydrogens is 404 g/mol. The number of fused-ring (bicyclic) bond motifs is 1. The van der Waals surface area contributed by atoms with E-state index in [1.165, 1.54) is 10.5 Å². The molecule has 1 aromatic carbocycles. The summed E-state index contributed by atoms with van der Waals surface area (Å²) in [6.07, 6.45) is 3.30. The number of hydrogen-bond donors (Lipinski definition) is 0. The molecule has 5 rings (SSSR count). The van der Waals surface area contributed by atoms with E-state index < -0.39 is 10.0 Å². The summed E-state index contributed by atoms with van der Waals surface area (Å²) in [5, 5.41) is 0. The van der Waals surface area contributed by atoms with Gasteiger partial charge in [0.2, 0.25) is 10.0 Å². The fourth-order valence-electron chi connectivity index (χ4n) is 4.07. The molecule has 0 radical (unpaired) electrons. The Kier molecular flexibility index (Phi) is 5.18. The van der Waals surface area contributed by atoms with Gasteiger partial charge in [-0.15, -0.1) is 0 Å². The van der Waals surface area contributed by atoms with Crippen molar-refractivity contribution in [1.29, 1.82) is 0 Å². The van der Waals surface area contributed by atoms with E-state index in [-0.39, 0.29) is 10.8 Å². The van der Waals surface area contributed by atoms with Crippen LogP contribution < -0.4 is 4.90 Å². The number of para-hydroxylation sites is 2. The number of nitrogens with zero attached hydrogens (tertiary/aromatic N) is 4. The topological polar surface area (TPSA) is 88.8 Å². The molecular formula is C21H24N4O4S. The summed E-state index contributed by atoms with van der Waals surface area (Å²) < 4.78 is 38.1. The van der Waals surface area contributed by atoms with Crippen molar-refractivity contribution in [3.63, 3.8) is 0 Å². The van der Waals surface area contributed by atoms with Crippen LogP contribution in [-0.2, 0) is 14.8 Å². The zero-order valence-electron chi connectivity index (χ0n) is 16.6. The van der Waals surface area contributed by atoms with Crippen molar-refractivity contribution in [3.05, 3.63) is 48.5 Å². The zero-order chi connectivity index (χ0) is 20.6. The second kappa shape index (κ2) is 7.98. The summed E-state index contributed by atoms with van der Waals surface area (Å²) in [4.78, 5) is 11.5. The Balaban J connectivity index is 1.25. The lowest BCUT2D eigenvalue weighted by molar-refractivity contribution is 0.0730. The van der Waals surface area contributed by atoms with Crippen molar-refractivity contribution in [3.8, 4) is 0 Å². The van der Waals surface area contributed by atoms with Crippen molar-refractivity contribution in [2.45, 2.75) is 23.7 Å². The Morgan fingerprint density at radius 2 is 1.73 bits per heavy atom. The van der Waals surface area contributed by atoms with Crippen LogP contribution in [0.4, 0.5) is 5.82 Å². The maximum absolute atomic E-state index is 12.7. The monoisotopic (exact) mass is 428 g/mol. The Morgan fingerprint density at radius 1 is 0.967 bits per heavy atom. The molecule has 8 nitrogen and oxygen atoms in total. The number of morpholine rings is 1. The Bertz CT molecular complexity index is 1080. The molecule has 4 heterocycles. The van der Waals surface area contributed by atoms with Gasteiger partial charge in [-0.1, -0.05) is 12.1 Å². The van der Waals surface area contributed by atoms with Gasteiger partial charge in [0.05, 0.1) is 13.2 Å². The number of sulfonamides is 1. The molecule has 30 heavy (non-hydrogen) atoms. The first-order valence-electron chi connectivity index (χ1n) is 10.3. The predicted molar refractivity (Wildman–Crippen MR) is 112 cm³/mol. The van der Waals surface area contributed by atoms with E-state index in [1.54, 1.807) is 12.1 Å². The molecule has 2 aliphatic rings. The lowest BCUT2D eigenvalue weighted by Crippen LogP contribution is -2.40. The third-order valence-corrected chi connectivity index (χ3v) is 7.69. The van der Waals surface area contributed by atoms with Gasteiger partial charge in [-0.3, -0.25) is 0 Å². The van der Waals surface area contributed by atoms with Crippen LogP contribution in [0.15, 0.2) is 51.9 Å². The number of oxazole rings is 1. The molecule has 0 N–H and O–H groups in total. The van der Waals surface area contributed by atoms with Crippen LogP contribution in [0.2, 0.25) is 0 Å². The van der Waals surface area contributed by atoms with Crippen molar-refractivity contribution in [1.82, 2.24) is 14.3 Å². The molecule has 0 aliphatic carbocycles. The fraction of sp³-hybridized carbons (Fsp3) is 0.429. The highest BCUT2D eigenvalue weighted by Crippen LogP contribution is 2.31. The SMILES string of the molecule is O=S(=O)(c1ccc(N2CCC(c3nc4ccccc4o3)CC2)nc1)N1CCOCC1. The highest BCUT2D eigenvalue weighted by Gasteiger charge is 2.28. The van der Waals surface area contributed by atoms with Crippen LogP contribution in [0.1, 0.15) is 24.7 Å². The Hall–Kier alpha value is -2.49. The second-order valence-corrected chi connectivity index (χ2v) is 9.59. The number of piperidine rings is 1. The normalized spacial score (nSPS) is 19.4. The Morgan fingerprint density at radius 3 is 2.43 bits per heavy atom. The quantitative estimate of drug-likeness (QED) is 0.631. The van der Waals surface area contributed by atoms with E-state index >= 15 is 0 Å². The third-order valence-electron chi connectivity index (χ3n) is 5.81. The number of rotatable bonds is 4. The van der Waals surface area contributed by atoms with E-state index in [1.807, 2.05) is 24.3 Å². The minimum atomic E-state index is -3.52. The van der Waals surface area contributed by atoms with E-state index in [0.29, 0.717) is 26.3 Å². The molecule has 2 fully saturated rings. The molecule has 2 aliphatic heterocycles. The molecule has 0 spiro atoms. The second-order valence-electron chi connectivity index (χ2n) is 7.65. The molecule has 0 bridgehead atoms. The summed E-state index contributed by atoms with van der Waals surface area (Å²) in [5.74, 6) is 1.89. The van der Waals surface area contributed by atoms with Crippen molar-refractivity contribution in [2.24, 2.45) is 0 Å². The zero-order valence-corrected chi connectivity index (χ0v) is 17.4. The highest BCUT2D eigenvalue weighted by atomic mass is 32.2. The van der Waals surface area contributed by atoms with E-state index in [0.717, 1.165) is 48.7 Å². The van der Waals surface area contributed by atoms with Crippen LogP contribution in [0.3, 0.4) is 0 Å². The van der Waals surface area contributed by atoms with Crippen molar-refractivity contribution >= 4 is 26.9 Å². The molecule has 0 amide bonds. The van der Waals surface area contributed by atoms with Gasteiger partial charge in [0.1, 0.15) is 16.2 Å². The first-order valence-corrected chi connectivity index (χ1v) is 11.7. The molecule has 2 aromatic heterocycles. The summed E-state index contributed by atoms with van der Waals surface area (Å²) in [7, 11) is -3.52. The molecule has 9 heteroatoms. The fourth-order valence-corrected chi connectivity index (χ4v) is 5.42. The third kappa shape index (κ3) is 3.68. The van der Waals surface area contributed by atoms with Gasteiger partial charge >= 0.3 is 0 Å². The first-order chi connectivity index (χ1) is 14.6. The average molecular weight is 429 g/mol. The van der Waals surface area contributed by atoms with Gasteiger partial charge < -0.3 is 14.1 Å². The number of hydrogen-bond acceptors (Lipinski definition) is 7. The van der Waals surface area contributed by atoms with Crippen LogP contribution in [0, 0.1) is 0 Å². The molecule has 158 valence electrons. The van der Waals surface area contributed by atoms with Gasteiger partial charge in [-0.05, 0) is 37.1 Å². The molecule has 2 saturated heterocycles. The van der Waals surface area contributed by atoms with Crippen LogP contribution in [0.25, 0.3) is 11.1 Å². The first kappa shape index (κ1) is 19.5. The number of anilines is 1. The van der Waals surface area contributed by atoms with Gasteiger partial charge in [-0.2, -0.15) is 4.31 Å². The molecule has 0 atom stereocenters. The summed E-state index contributed by atoms with van der Waals surface area (Å²) >= 11 is 0. The number of pyridine rings is 1. The van der Waals surface area contributed by atoms with E-state index in [2.05, 4.69) is 14.9 Å². The van der Waals surface area contributed by atoms with Crippen molar-refractivity contribution < 1.29 is 17.6 Å². The number of ether oxygens (including phenoxy) is 1. The van der Waals surface area contributed by atoms with Gasteiger partial charge in [0, 0.05) is 38.3 Å². The minimum absolute atomic E-state index is 0.231. The largest absolute Gasteiger partial charge is 0.440 e. The average Bonchev–Trinajstić information content (AvgIpc) is 3.24. The van der Waals surface area contributed by atoms with Gasteiger partial charge in [0.15, 0.2) is 11.5 Å². The summed E-state index contributed by atoms with van der Waals surface area (Å²) in [5.41, 5.74) is 1.72.